The van der Waals surface area contributed by atoms with Crippen LogP contribution in [-0.2, 0) is 0 Å². The third kappa shape index (κ3) is 2.25. The Bertz CT molecular complexity index is 410. The van der Waals surface area contributed by atoms with Crippen LogP contribution in [0.4, 0.5) is 0 Å². The highest BCUT2D eigenvalue weighted by Crippen LogP contribution is 2.30. The average molecular weight is 227 g/mol. The van der Waals surface area contributed by atoms with E-state index in [9.17, 15) is 5.11 Å². The predicted octanol–water partition coefficient (Wildman–Crippen LogP) is 2.92. The van der Waals surface area contributed by atoms with Crippen molar-refractivity contribution in [1.29, 1.82) is 0 Å². The Morgan fingerprint density at radius 2 is 2.13 bits per heavy atom. The number of hydrogen-bond acceptors (Lipinski definition) is 3. The third-order valence-corrected chi connectivity index (χ3v) is 1.99. The van der Waals surface area contributed by atoms with E-state index in [-0.39, 0.29) is 18.2 Å². The van der Waals surface area contributed by atoms with Gasteiger partial charge in [-0.15, -0.1) is 12.4 Å². The van der Waals surface area contributed by atoms with Crippen LogP contribution in [0.15, 0.2) is 36.6 Å². The van der Waals surface area contributed by atoms with Crippen molar-refractivity contribution >= 4 is 18.2 Å². The van der Waals surface area contributed by atoms with Gasteiger partial charge in [-0.05, 0) is 24.3 Å². The summed E-state index contributed by atoms with van der Waals surface area (Å²) < 4.78 is 10.3. The quantitative estimate of drug-likeness (QED) is 0.800. The summed E-state index contributed by atoms with van der Waals surface area (Å²) in [6.45, 7) is 0. The van der Waals surface area contributed by atoms with Crippen molar-refractivity contribution in [3.8, 4) is 11.5 Å². The standard InChI is InChI=1S/C11H10O3.ClH/c1-13-8-4-5-9-10(12)3-2-6-14-11(9)7-8;/h2-7,12H,1H3;1H. The van der Waals surface area contributed by atoms with Gasteiger partial charge in [0.15, 0.2) is 0 Å². The molecule has 1 aliphatic rings. The van der Waals surface area contributed by atoms with Crippen molar-refractivity contribution in [3.63, 3.8) is 0 Å². The van der Waals surface area contributed by atoms with Crippen LogP contribution in [0.2, 0.25) is 0 Å². The van der Waals surface area contributed by atoms with Crippen LogP contribution in [0.5, 0.6) is 11.5 Å². The van der Waals surface area contributed by atoms with Gasteiger partial charge in [0.1, 0.15) is 17.3 Å². The molecule has 2 rings (SSSR count). The number of benzene rings is 1. The molecule has 0 atom stereocenters. The van der Waals surface area contributed by atoms with Crippen LogP contribution in [0, 0.1) is 0 Å². The molecule has 0 radical (unpaired) electrons. The fraction of sp³-hybridized carbons (Fsp3) is 0.0909. The largest absolute Gasteiger partial charge is 0.507 e. The van der Waals surface area contributed by atoms with Gasteiger partial charge in [-0.3, -0.25) is 0 Å². The molecule has 3 nitrogen and oxygen atoms in total. The van der Waals surface area contributed by atoms with E-state index < -0.39 is 0 Å². The predicted molar refractivity (Wildman–Crippen MR) is 60.6 cm³/mol. The summed E-state index contributed by atoms with van der Waals surface area (Å²) in [6, 6.07) is 5.26. The van der Waals surface area contributed by atoms with Crippen LogP contribution in [0.3, 0.4) is 0 Å². The number of fused-ring (bicyclic) bond motifs is 1. The zero-order valence-corrected chi connectivity index (χ0v) is 8.95. The molecule has 0 spiro atoms. The molecule has 0 aromatic heterocycles. The minimum atomic E-state index is 0. The number of aliphatic hydroxyl groups excluding tert-OH is 1. The first kappa shape index (κ1) is 11.5. The average Bonchev–Trinajstić information content (AvgIpc) is 2.40. The number of hydrogen-bond donors (Lipinski definition) is 1. The lowest BCUT2D eigenvalue weighted by Crippen LogP contribution is -1.90. The zero-order chi connectivity index (χ0) is 9.97. The fourth-order valence-electron chi connectivity index (χ4n) is 1.27. The van der Waals surface area contributed by atoms with Gasteiger partial charge in [-0.1, -0.05) is 0 Å². The highest BCUT2D eigenvalue weighted by molar-refractivity contribution is 5.85. The molecule has 80 valence electrons. The second-order valence-electron chi connectivity index (χ2n) is 2.86. The van der Waals surface area contributed by atoms with E-state index >= 15 is 0 Å². The zero-order valence-electron chi connectivity index (χ0n) is 8.14. The Balaban J connectivity index is 0.00000112. The Labute approximate surface area is 94.0 Å². The van der Waals surface area contributed by atoms with Gasteiger partial charge >= 0.3 is 0 Å². The second kappa shape index (κ2) is 4.75. The van der Waals surface area contributed by atoms with Gasteiger partial charge in [0.25, 0.3) is 0 Å². The lowest BCUT2D eigenvalue weighted by molar-refractivity contribution is 0.408. The number of aliphatic hydroxyl groups is 1. The van der Waals surface area contributed by atoms with E-state index in [1.54, 1.807) is 37.5 Å². The summed E-state index contributed by atoms with van der Waals surface area (Å²) in [4.78, 5) is 0. The molecular weight excluding hydrogens is 216 g/mol. The molecule has 1 aromatic rings. The van der Waals surface area contributed by atoms with E-state index in [4.69, 9.17) is 9.47 Å². The summed E-state index contributed by atoms with van der Waals surface area (Å²) >= 11 is 0. The molecule has 4 heteroatoms. The van der Waals surface area contributed by atoms with Crippen LogP contribution in [0.1, 0.15) is 5.56 Å². The van der Waals surface area contributed by atoms with Crippen LogP contribution < -0.4 is 9.47 Å². The van der Waals surface area contributed by atoms with Crippen molar-refractivity contribution in [1.82, 2.24) is 0 Å². The van der Waals surface area contributed by atoms with Crippen molar-refractivity contribution in [3.05, 3.63) is 42.2 Å². The van der Waals surface area contributed by atoms with Gasteiger partial charge < -0.3 is 14.6 Å². The number of methoxy groups -OCH3 is 1. The highest BCUT2D eigenvalue weighted by atomic mass is 35.5. The molecule has 15 heavy (non-hydrogen) atoms. The summed E-state index contributed by atoms with van der Waals surface area (Å²) in [6.07, 6.45) is 4.74. The summed E-state index contributed by atoms with van der Waals surface area (Å²) in [5.41, 5.74) is 0.663. The summed E-state index contributed by atoms with van der Waals surface area (Å²) in [5, 5.41) is 9.59. The molecule has 0 bridgehead atoms. The van der Waals surface area contributed by atoms with E-state index in [2.05, 4.69) is 0 Å². The minimum absolute atomic E-state index is 0. The number of ether oxygens (including phenoxy) is 2. The normalized spacial score (nSPS) is 12.7. The van der Waals surface area contributed by atoms with E-state index in [0.717, 1.165) is 0 Å². The maximum absolute atomic E-state index is 9.59. The number of halogens is 1. The third-order valence-electron chi connectivity index (χ3n) is 1.99. The molecule has 1 aromatic carbocycles. The van der Waals surface area contributed by atoms with Gasteiger partial charge in [0.05, 0.1) is 18.9 Å². The molecule has 0 unspecified atom stereocenters. The molecular formula is C11H11ClO3. The molecule has 0 fully saturated rings. The topological polar surface area (TPSA) is 38.7 Å². The monoisotopic (exact) mass is 226 g/mol. The Hall–Kier alpha value is -1.61. The second-order valence-corrected chi connectivity index (χ2v) is 2.86. The van der Waals surface area contributed by atoms with Gasteiger partial charge in [0.2, 0.25) is 0 Å². The SMILES string of the molecule is COc1ccc2c(c1)OC=CC=C2O.Cl. The first-order chi connectivity index (χ1) is 6.81. The van der Waals surface area contributed by atoms with E-state index in [0.29, 0.717) is 17.1 Å². The van der Waals surface area contributed by atoms with Crippen molar-refractivity contribution < 1.29 is 14.6 Å². The molecule has 0 saturated heterocycles. The number of allylic oxidation sites excluding steroid dienone is 2. The Morgan fingerprint density at radius 1 is 1.33 bits per heavy atom. The Kier molecular flexibility index (Phi) is 3.63. The van der Waals surface area contributed by atoms with Gasteiger partial charge in [-0.25, -0.2) is 0 Å². The first-order valence-electron chi connectivity index (χ1n) is 4.22. The fourth-order valence-corrected chi connectivity index (χ4v) is 1.27. The maximum Gasteiger partial charge on any atom is 0.141 e. The number of rotatable bonds is 1. The van der Waals surface area contributed by atoms with Crippen molar-refractivity contribution in [2.24, 2.45) is 0 Å². The first-order valence-corrected chi connectivity index (χ1v) is 4.22. The lowest BCUT2D eigenvalue weighted by Gasteiger charge is -2.07. The molecule has 1 N–H and O–H groups in total. The highest BCUT2D eigenvalue weighted by Gasteiger charge is 2.10. The molecule has 1 aliphatic heterocycles. The van der Waals surface area contributed by atoms with E-state index in [1.165, 1.54) is 6.26 Å². The van der Waals surface area contributed by atoms with Gasteiger partial charge in [-0.2, -0.15) is 0 Å². The molecule has 0 amide bonds. The maximum atomic E-state index is 9.59. The van der Waals surface area contributed by atoms with Crippen LogP contribution in [0.25, 0.3) is 5.76 Å². The molecule has 1 heterocycles. The summed E-state index contributed by atoms with van der Waals surface area (Å²) in [5.74, 6) is 1.48. The smallest absolute Gasteiger partial charge is 0.141 e. The summed E-state index contributed by atoms with van der Waals surface area (Å²) in [7, 11) is 1.59. The van der Waals surface area contributed by atoms with Crippen molar-refractivity contribution in [2.75, 3.05) is 7.11 Å². The lowest BCUT2D eigenvalue weighted by atomic mass is 10.1. The van der Waals surface area contributed by atoms with Crippen LogP contribution in [-0.4, -0.2) is 12.2 Å². The van der Waals surface area contributed by atoms with E-state index in [1.807, 2.05) is 0 Å². The Morgan fingerprint density at radius 3 is 2.87 bits per heavy atom. The molecule has 0 saturated carbocycles. The van der Waals surface area contributed by atoms with Gasteiger partial charge in [0, 0.05) is 6.07 Å². The van der Waals surface area contributed by atoms with Crippen LogP contribution >= 0.6 is 12.4 Å². The minimum Gasteiger partial charge on any atom is -0.507 e. The van der Waals surface area contributed by atoms with Crippen molar-refractivity contribution in [2.45, 2.75) is 0 Å². The molecule has 0 aliphatic carbocycles.